The zero-order chi connectivity index (χ0) is 18.4. The van der Waals surface area contributed by atoms with Crippen molar-refractivity contribution in [3.05, 3.63) is 33.8 Å². The number of nitrogens with one attached hydrogen (secondary N) is 1. The lowest BCUT2D eigenvalue weighted by atomic mass is 10.0. The Morgan fingerprint density at radius 2 is 2.00 bits per heavy atom. The Morgan fingerprint density at radius 1 is 1.35 bits per heavy atom. The highest BCUT2D eigenvalue weighted by atomic mass is 127. The average molecular weight is 514 g/mol. The number of rotatable bonds is 6. The Morgan fingerprint density at radius 3 is 2.58 bits per heavy atom. The van der Waals surface area contributed by atoms with Crippen molar-refractivity contribution < 1.29 is 0 Å². The minimum atomic E-state index is -0.0237. The van der Waals surface area contributed by atoms with E-state index in [0.29, 0.717) is 28.6 Å². The van der Waals surface area contributed by atoms with Crippen LogP contribution in [0.1, 0.15) is 31.4 Å². The lowest BCUT2D eigenvalue weighted by molar-refractivity contribution is 0.148. The van der Waals surface area contributed by atoms with Gasteiger partial charge in [-0.15, -0.1) is 24.0 Å². The van der Waals surface area contributed by atoms with Crippen LogP contribution in [0.5, 0.6) is 0 Å². The Balaban J connectivity index is 0.00000338. The van der Waals surface area contributed by atoms with Crippen molar-refractivity contribution >= 4 is 53.1 Å². The van der Waals surface area contributed by atoms with Gasteiger partial charge in [-0.1, -0.05) is 29.3 Å². The number of halogens is 3. The van der Waals surface area contributed by atoms with Crippen molar-refractivity contribution in [2.24, 2.45) is 10.7 Å². The van der Waals surface area contributed by atoms with Crippen LogP contribution in [0.25, 0.3) is 0 Å². The van der Waals surface area contributed by atoms with Gasteiger partial charge in [-0.25, -0.2) is 0 Å². The van der Waals surface area contributed by atoms with Crippen molar-refractivity contribution in [1.82, 2.24) is 15.1 Å². The van der Waals surface area contributed by atoms with Gasteiger partial charge in [0.15, 0.2) is 5.96 Å². The third-order valence-corrected chi connectivity index (χ3v) is 5.34. The van der Waals surface area contributed by atoms with Crippen LogP contribution in [-0.2, 0) is 0 Å². The summed E-state index contributed by atoms with van der Waals surface area (Å²) in [5.74, 6) is 0.446. The minimum Gasteiger partial charge on any atom is -0.370 e. The van der Waals surface area contributed by atoms with Crippen LogP contribution in [0.15, 0.2) is 23.2 Å². The molecular weight excluding hydrogens is 484 g/mol. The number of aliphatic imine (C=N–C) groups is 1. The Bertz CT molecular complexity index is 589. The molecule has 8 heteroatoms. The van der Waals surface area contributed by atoms with Crippen LogP contribution in [-0.4, -0.2) is 62.1 Å². The molecule has 0 spiro atoms. The first-order valence-corrected chi connectivity index (χ1v) is 9.52. The van der Waals surface area contributed by atoms with E-state index in [1.54, 1.807) is 6.07 Å². The molecule has 1 aliphatic heterocycles. The van der Waals surface area contributed by atoms with Gasteiger partial charge in [-0.3, -0.25) is 4.99 Å². The van der Waals surface area contributed by atoms with Crippen LogP contribution < -0.4 is 11.1 Å². The van der Waals surface area contributed by atoms with Gasteiger partial charge in [-0.2, -0.15) is 0 Å². The molecule has 3 N–H and O–H groups in total. The molecule has 5 nitrogen and oxygen atoms in total. The number of nitrogens with zero attached hydrogens (tertiary/aromatic N) is 3. The predicted molar refractivity (Wildman–Crippen MR) is 123 cm³/mol. The number of benzene rings is 1. The average Bonchev–Trinajstić information content (AvgIpc) is 2.55. The number of guanidine groups is 1. The van der Waals surface area contributed by atoms with E-state index in [9.17, 15) is 0 Å². The van der Waals surface area contributed by atoms with E-state index in [-0.39, 0.29) is 30.0 Å². The summed E-state index contributed by atoms with van der Waals surface area (Å²) in [6, 6.07) is 6.15. The van der Waals surface area contributed by atoms with Crippen molar-refractivity contribution in [3.8, 4) is 0 Å². The van der Waals surface area contributed by atoms with Crippen LogP contribution in [0.3, 0.4) is 0 Å². The van der Waals surface area contributed by atoms with Crippen molar-refractivity contribution in [2.75, 3.05) is 40.3 Å². The highest BCUT2D eigenvalue weighted by Gasteiger charge is 2.19. The predicted octanol–water partition coefficient (Wildman–Crippen LogP) is 3.60. The van der Waals surface area contributed by atoms with Gasteiger partial charge < -0.3 is 20.9 Å². The van der Waals surface area contributed by atoms with Crippen LogP contribution in [0, 0.1) is 0 Å². The maximum Gasteiger partial charge on any atom is 0.189 e. The first-order chi connectivity index (χ1) is 11.9. The van der Waals surface area contributed by atoms with E-state index in [0.717, 1.165) is 25.2 Å². The molecule has 1 aliphatic rings. The van der Waals surface area contributed by atoms with E-state index in [1.165, 1.54) is 12.8 Å². The molecule has 1 unspecified atom stereocenters. The topological polar surface area (TPSA) is 56.9 Å². The molecule has 26 heavy (non-hydrogen) atoms. The van der Waals surface area contributed by atoms with Crippen LogP contribution >= 0.6 is 47.2 Å². The fourth-order valence-corrected chi connectivity index (χ4v) is 3.74. The molecule has 0 aliphatic carbocycles. The summed E-state index contributed by atoms with van der Waals surface area (Å²) in [7, 11) is 4.32. The first kappa shape index (κ1) is 23.8. The largest absolute Gasteiger partial charge is 0.370 e. The van der Waals surface area contributed by atoms with Gasteiger partial charge in [-0.05, 0) is 64.6 Å². The molecule has 1 aromatic rings. The molecule has 1 heterocycles. The molecule has 1 fully saturated rings. The number of likely N-dealkylation sites (tertiary alicyclic amines) is 1. The molecule has 2 rings (SSSR count). The molecule has 0 radical (unpaired) electrons. The summed E-state index contributed by atoms with van der Waals surface area (Å²) < 4.78 is 0. The fourth-order valence-electron chi connectivity index (χ4n) is 3.17. The van der Waals surface area contributed by atoms with E-state index < -0.39 is 0 Å². The summed E-state index contributed by atoms with van der Waals surface area (Å²) in [6.45, 7) is 5.90. The summed E-state index contributed by atoms with van der Waals surface area (Å²) in [5, 5.41) is 4.45. The van der Waals surface area contributed by atoms with Gasteiger partial charge >= 0.3 is 0 Å². The lowest BCUT2D eigenvalue weighted by Crippen LogP contribution is -2.43. The quantitative estimate of drug-likeness (QED) is 0.346. The zero-order valence-electron chi connectivity index (χ0n) is 15.7. The monoisotopic (exact) mass is 513 g/mol. The Hall–Kier alpha value is -0.280. The second-order valence-electron chi connectivity index (χ2n) is 6.84. The smallest absolute Gasteiger partial charge is 0.189 e. The zero-order valence-corrected chi connectivity index (χ0v) is 19.6. The summed E-state index contributed by atoms with van der Waals surface area (Å²) >= 11 is 12.2. The standard InChI is InChI=1S/C18H29Cl2N5.HI/c1-13(16-5-4-14(19)12-17(16)20)23-18(21)22-8-11-25-9-6-15(7-10-25)24(2)3;/h4-5,12-13,15H,6-11H2,1-3H3,(H3,21,22,23);1H. The minimum absolute atomic E-state index is 0. The molecule has 0 aromatic heterocycles. The van der Waals surface area contributed by atoms with E-state index >= 15 is 0 Å². The second kappa shape index (κ2) is 11.5. The number of hydrogen-bond acceptors (Lipinski definition) is 3. The molecule has 0 bridgehead atoms. The van der Waals surface area contributed by atoms with Gasteiger partial charge in [0.2, 0.25) is 0 Å². The molecule has 0 saturated carbocycles. The van der Waals surface area contributed by atoms with E-state index in [2.05, 4.69) is 34.2 Å². The number of piperidine rings is 1. The first-order valence-electron chi connectivity index (χ1n) is 8.77. The SMILES string of the molecule is CC(NC(N)=NCCN1CCC(N(C)C)CC1)c1ccc(Cl)cc1Cl.I. The number of hydrogen-bond donors (Lipinski definition) is 2. The molecule has 0 amide bonds. The Kier molecular flexibility index (Phi) is 10.5. The fraction of sp³-hybridized carbons (Fsp3) is 0.611. The molecule has 1 saturated heterocycles. The van der Waals surface area contributed by atoms with Gasteiger partial charge in [0, 0.05) is 22.6 Å². The van der Waals surface area contributed by atoms with Crippen LogP contribution in [0.4, 0.5) is 0 Å². The lowest BCUT2D eigenvalue weighted by Gasteiger charge is -2.34. The highest BCUT2D eigenvalue weighted by molar-refractivity contribution is 14.0. The second-order valence-corrected chi connectivity index (χ2v) is 7.68. The van der Waals surface area contributed by atoms with Crippen molar-refractivity contribution in [2.45, 2.75) is 31.8 Å². The van der Waals surface area contributed by atoms with Gasteiger partial charge in [0.1, 0.15) is 0 Å². The maximum atomic E-state index is 6.23. The summed E-state index contributed by atoms with van der Waals surface area (Å²) in [6.07, 6.45) is 2.44. The molecular formula is C18H30Cl2IN5. The third kappa shape index (κ3) is 7.38. The maximum absolute atomic E-state index is 6.23. The normalized spacial score (nSPS) is 17.8. The molecule has 1 aromatic carbocycles. The summed E-state index contributed by atoms with van der Waals surface area (Å²) in [4.78, 5) is 9.22. The van der Waals surface area contributed by atoms with E-state index in [4.69, 9.17) is 28.9 Å². The summed E-state index contributed by atoms with van der Waals surface area (Å²) in [5.41, 5.74) is 6.97. The Labute approximate surface area is 184 Å². The van der Waals surface area contributed by atoms with Crippen LogP contribution in [0.2, 0.25) is 10.0 Å². The van der Waals surface area contributed by atoms with Gasteiger partial charge in [0.05, 0.1) is 12.6 Å². The molecule has 1 atom stereocenters. The molecule has 148 valence electrons. The van der Waals surface area contributed by atoms with Crippen molar-refractivity contribution in [1.29, 1.82) is 0 Å². The van der Waals surface area contributed by atoms with E-state index in [1.807, 2.05) is 19.1 Å². The third-order valence-electron chi connectivity index (χ3n) is 4.78. The number of nitrogens with two attached hydrogens (primary N) is 1. The van der Waals surface area contributed by atoms with Crippen molar-refractivity contribution in [3.63, 3.8) is 0 Å². The highest BCUT2D eigenvalue weighted by Crippen LogP contribution is 2.25. The van der Waals surface area contributed by atoms with Gasteiger partial charge in [0.25, 0.3) is 0 Å².